The molecule has 0 aromatic rings. The molecule has 114 valence electrons. The molecule has 4 unspecified atom stereocenters. The van der Waals surface area contributed by atoms with Crippen LogP contribution in [0.2, 0.25) is 0 Å². The van der Waals surface area contributed by atoms with Crippen LogP contribution >= 0.6 is 0 Å². The number of unbranched alkanes of at least 4 members (excludes halogenated alkanes) is 1. The summed E-state index contributed by atoms with van der Waals surface area (Å²) in [4.78, 5) is 0. The van der Waals surface area contributed by atoms with Crippen molar-refractivity contribution in [2.45, 2.75) is 79.1 Å². The molecule has 0 aromatic heterocycles. The molecule has 0 saturated heterocycles. The van der Waals surface area contributed by atoms with Gasteiger partial charge in [0.1, 0.15) is 0 Å². The van der Waals surface area contributed by atoms with E-state index in [-0.39, 0.29) is 0 Å². The van der Waals surface area contributed by atoms with Gasteiger partial charge in [0.25, 0.3) is 0 Å². The van der Waals surface area contributed by atoms with Gasteiger partial charge >= 0.3 is 0 Å². The second-order valence-corrected chi connectivity index (χ2v) is 7.60. The Balaban J connectivity index is 2.24. The second-order valence-electron chi connectivity index (χ2n) is 7.60. The Morgan fingerprint density at radius 3 is 2.60 bits per heavy atom. The molecule has 0 nitrogen and oxygen atoms in total. The molecule has 0 heterocycles. The SMILES string of the molecule is C=C(C)/C(=C\CCC)C1CCC2(C)CCCC2C1CC. The molecule has 0 bridgehead atoms. The number of allylic oxidation sites excluding steroid dienone is 3. The predicted octanol–water partition coefficient (Wildman–Crippen LogP) is 6.53. The quantitative estimate of drug-likeness (QED) is 0.500. The number of hydrogen-bond donors (Lipinski definition) is 0. The first kappa shape index (κ1) is 15.9. The lowest BCUT2D eigenvalue weighted by Crippen LogP contribution is -2.38. The van der Waals surface area contributed by atoms with Crippen LogP contribution in [0.25, 0.3) is 0 Å². The Bertz CT molecular complexity index is 375. The summed E-state index contributed by atoms with van der Waals surface area (Å²) in [6.45, 7) is 13.8. The number of rotatable bonds is 5. The van der Waals surface area contributed by atoms with Crippen LogP contribution in [0.1, 0.15) is 79.1 Å². The lowest BCUT2D eigenvalue weighted by atomic mass is 9.58. The van der Waals surface area contributed by atoms with Gasteiger partial charge in [-0.2, -0.15) is 0 Å². The molecule has 0 amide bonds. The van der Waals surface area contributed by atoms with Crippen LogP contribution in [-0.2, 0) is 0 Å². The highest BCUT2D eigenvalue weighted by molar-refractivity contribution is 5.30. The molecule has 0 aromatic carbocycles. The summed E-state index contributed by atoms with van der Waals surface area (Å²) in [6, 6.07) is 0. The zero-order valence-electron chi connectivity index (χ0n) is 14.2. The molecule has 0 N–H and O–H groups in total. The fourth-order valence-electron chi connectivity index (χ4n) is 5.18. The van der Waals surface area contributed by atoms with Crippen LogP contribution in [0.4, 0.5) is 0 Å². The summed E-state index contributed by atoms with van der Waals surface area (Å²) in [5, 5.41) is 0. The van der Waals surface area contributed by atoms with Gasteiger partial charge in [-0.15, -0.1) is 0 Å². The molecule has 0 radical (unpaired) electrons. The normalized spacial score (nSPS) is 37.8. The van der Waals surface area contributed by atoms with Crippen molar-refractivity contribution in [1.29, 1.82) is 0 Å². The van der Waals surface area contributed by atoms with Gasteiger partial charge in [0.15, 0.2) is 0 Å². The minimum Gasteiger partial charge on any atom is -0.0958 e. The molecule has 2 aliphatic carbocycles. The molecule has 20 heavy (non-hydrogen) atoms. The van der Waals surface area contributed by atoms with Crippen LogP contribution in [-0.4, -0.2) is 0 Å². The van der Waals surface area contributed by atoms with E-state index in [2.05, 4.69) is 40.3 Å². The summed E-state index contributed by atoms with van der Waals surface area (Å²) in [5.41, 5.74) is 3.58. The highest BCUT2D eigenvalue weighted by Crippen LogP contribution is 2.58. The summed E-state index contributed by atoms with van der Waals surface area (Å²) in [7, 11) is 0. The summed E-state index contributed by atoms with van der Waals surface area (Å²) >= 11 is 0. The molecule has 2 saturated carbocycles. The summed E-state index contributed by atoms with van der Waals surface area (Å²) < 4.78 is 0. The van der Waals surface area contributed by atoms with Gasteiger partial charge in [-0.1, -0.05) is 58.3 Å². The standard InChI is InChI=1S/C20H34/c1-6-8-10-17(15(3)4)18-12-14-20(5)13-9-11-19(20)16(18)7-2/h10,16,18-19H,3,6-9,11-14H2,1-2,4-5H3/b17-10+. The highest BCUT2D eigenvalue weighted by atomic mass is 14.5. The van der Waals surface area contributed by atoms with Crippen molar-refractivity contribution < 1.29 is 0 Å². The van der Waals surface area contributed by atoms with Crippen molar-refractivity contribution in [3.63, 3.8) is 0 Å². The van der Waals surface area contributed by atoms with Crippen LogP contribution in [0.5, 0.6) is 0 Å². The van der Waals surface area contributed by atoms with E-state index < -0.39 is 0 Å². The topological polar surface area (TPSA) is 0 Å². The van der Waals surface area contributed by atoms with Crippen molar-refractivity contribution in [1.82, 2.24) is 0 Å². The first-order valence-corrected chi connectivity index (χ1v) is 8.89. The van der Waals surface area contributed by atoms with Crippen molar-refractivity contribution in [2.75, 3.05) is 0 Å². The fraction of sp³-hybridized carbons (Fsp3) is 0.800. The Hall–Kier alpha value is -0.520. The molecule has 4 atom stereocenters. The minimum absolute atomic E-state index is 0.655. The lowest BCUT2D eigenvalue weighted by Gasteiger charge is -2.47. The largest absolute Gasteiger partial charge is 0.0958 e. The number of hydrogen-bond acceptors (Lipinski definition) is 0. The van der Waals surface area contributed by atoms with E-state index in [1.165, 1.54) is 56.9 Å². The van der Waals surface area contributed by atoms with Gasteiger partial charge in [0, 0.05) is 0 Å². The predicted molar refractivity (Wildman–Crippen MR) is 89.8 cm³/mol. The smallest absolute Gasteiger partial charge is 0.0131 e. The van der Waals surface area contributed by atoms with Gasteiger partial charge in [0.05, 0.1) is 0 Å². The zero-order valence-corrected chi connectivity index (χ0v) is 14.2. The molecule has 0 spiro atoms. The van der Waals surface area contributed by atoms with Crippen molar-refractivity contribution >= 4 is 0 Å². The number of fused-ring (bicyclic) bond motifs is 1. The third kappa shape index (κ3) is 2.90. The van der Waals surface area contributed by atoms with E-state index in [0.29, 0.717) is 5.41 Å². The Labute approximate surface area is 126 Å². The van der Waals surface area contributed by atoms with E-state index in [0.717, 1.165) is 17.8 Å². The van der Waals surface area contributed by atoms with E-state index >= 15 is 0 Å². The van der Waals surface area contributed by atoms with E-state index in [4.69, 9.17) is 0 Å². The van der Waals surface area contributed by atoms with Crippen LogP contribution in [0, 0.1) is 23.2 Å². The van der Waals surface area contributed by atoms with Crippen molar-refractivity contribution in [3.05, 3.63) is 23.8 Å². The zero-order chi connectivity index (χ0) is 14.8. The first-order chi connectivity index (χ1) is 9.53. The average Bonchev–Trinajstić information content (AvgIpc) is 2.80. The molecular formula is C20H34. The van der Waals surface area contributed by atoms with Crippen LogP contribution < -0.4 is 0 Å². The lowest BCUT2D eigenvalue weighted by molar-refractivity contribution is 0.0528. The van der Waals surface area contributed by atoms with Crippen LogP contribution in [0.15, 0.2) is 23.8 Å². The third-order valence-electron chi connectivity index (χ3n) is 6.23. The maximum absolute atomic E-state index is 4.29. The van der Waals surface area contributed by atoms with Crippen molar-refractivity contribution in [3.8, 4) is 0 Å². The summed E-state index contributed by atoms with van der Waals surface area (Å²) in [6.07, 6.45) is 13.6. The van der Waals surface area contributed by atoms with Gasteiger partial charge < -0.3 is 0 Å². The van der Waals surface area contributed by atoms with Gasteiger partial charge in [0.2, 0.25) is 0 Å². The monoisotopic (exact) mass is 274 g/mol. The molecule has 2 aliphatic rings. The Kier molecular flexibility index (Phi) is 5.15. The Morgan fingerprint density at radius 1 is 1.25 bits per heavy atom. The van der Waals surface area contributed by atoms with Gasteiger partial charge in [-0.05, 0) is 67.8 Å². The maximum Gasteiger partial charge on any atom is -0.0131 e. The second kappa shape index (κ2) is 6.50. The first-order valence-electron chi connectivity index (χ1n) is 8.89. The molecular weight excluding hydrogens is 240 g/mol. The van der Waals surface area contributed by atoms with E-state index in [1.54, 1.807) is 5.57 Å². The molecule has 0 aliphatic heterocycles. The van der Waals surface area contributed by atoms with E-state index in [9.17, 15) is 0 Å². The minimum atomic E-state index is 0.655. The maximum atomic E-state index is 4.29. The molecule has 2 fully saturated rings. The fourth-order valence-corrected chi connectivity index (χ4v) is 5.18. The summed E-state index contributed by atoms with van der Waals surface area (Å²) in [5.74, 6) is 2.66. The molecule has 0 heteroatoms. The van der Waals surface area contributed by atoms with Crippen molar-refractivity contribution in [2.24, 2.45) is 23.2 Å². The highest BCUT2D eigenvalue weighted by Gasteiger charge is 2.48. The molecule has 2 rings (SSSR count). The van der Waals surface area contributed by atoms with Gasteiger partial charge in [-0.3, -0.25) is 0 Å². The van der Waals surface area contributed by atoms with E-state index in [1.807, 2.05) is 0 Å². The van der Waals surface area contributed by atoms with Crippen LogP contribution in [0.3, 0.4) is 0 Å². The third-order valence-corrected chi connectivity index (χ3v) is 6.23. The van der Waals surface area contributed by atoms with Gasteiger partial charge in [-0.25, -0.2) is 0 Å². The average molecular weight is 274 g/mol. The Morgan fingerprint density at radius 2 is 2.00 bits per heavy atom.